The van der Waals surface area contributed by atoms with Crippen molar-refractivity contribution in [2.75, 3.05) is 0 Å². The van der Waals surface area contributed by atoms with Gasteiger partial charge in [0.05, 0.1) is 11.7 Å². The van der Waals surface area contributed by atoms with Gasteiger partial charge < -0.3 is 10.2 Å². The van der Waals surface area contributed by atoms with E-state index in [9.17, 15) is 9.90 Å². The van der Waals surface area contributed by atoms with E-state index in [4.69, 9.17) is 5.11 Å². The number of aliphatic hydroxyl groups excluding tert-OH is 1. The number of benzene rings is 1. The molecular formula is C13H15BrO3. The molecule has 0 radical (unpaired) electrons. The lowest BCUT2D eigenvalue weighted by molar-refractivity contribution is 0.0687. The molecule has 1 fully saturated rings. The van der Waals surface area contributed by atoms with Crippen molar-refractivity contribution in [3.05, 3.63) is 33.8 Å². The highest BCUT2D eigenvalue weighted by Crippen LogP contribution is 2.36. The van der Waals surface area contributed by atoms with Gasteiger partial charge in [-0.2, -0.15) is 0 Å². The average molecular weight is 299 g/mol. The molecule has 1 atom stereocenters. The molecule has 1 aliphatic rings. The molecule has 92 valence electrons. The van der Waals surface area contributed by atoms with E-state index in [0.29, 0.717) is 16.5 Å². The molecule has 1 aromatic rings. The molecule has 0 amide bonds. The maximum absolute atomic E-state index is 11.1. The van der Waals surface area contributed by atoms with Crippen molar-refractivity contribution in [3.8, 4) is 0 Å². The average Bonchev–Trinajstić information content (AvgIpc) is 3.09. The van der Waals surface area contributed by atoms with Crippen molar-refractivity contribution in [1.82, 2.24) is 0 Å². The van der Waals surface area contributed by atoms with Crippen LogP contribution in [0.1, 0.15) is 47.7 Å². The first kappa shape index (κ1) is 12.6. The van der Waals surface area contributed by atoms with E-state index in [1.165, 1.54) is 18.9 Å². The number of hydrogen-bond acceptors (Lipinski definition) is 2. The first-order valence-electron chi connectivity index (χ1n) is 5.78. The van der Waals surface area contributed by atoms with Gasteiger partial charge >= 0.3 is 5.97 Å². The predicted octanol–water partition coefficient (Wildman–Crippen LogP) is 3.37. The molecule has 0 saturated heterocycles. The minimum Gasteiger partial charge on any atom is -0.478 e. The Kier molecular flexibility index (Phi) is 3.84. The molecule has 2 rings (SSSR count). The summed E-state index contributed by atoms with van der Waals surface area (Å²) in [7, 11) is 0. The van der Waals surface area contributed by atoms with Crippen molar-refractivity contribution >= 4 is 21.9 Å². The molecule has 0 bridgehead atoms. The normalized spacial score (nSPS) is 16.8. The lowest BCUT2D eigenvalue weighted by Gasteiger charge is -2.13. The van der Waals surface area contributed by atoms with E-state index in [1.54, 1.807) is 12.1 Å². The Hall–Kier alpha value is -0.870. The van der Waals surface area contributed by atoms with Crippen LogP contribution in [0.4, 0.5) is 0 Å². The summed E-state index contributed by atoms with van der Waals surface area (Å²) in [6, 6.07) is 4.99. The molecule has 3 nitrogen and oxygen atoms in total. The second-order valence-corrected chi connectivity index (χ2v) is 5.49. The van der Waals surface area contributed by atoms with Gasteiger partial charge in [-0.3, -0.25) is 0 Å². The van der Waals surface area contributed by atoms with Crippen LogP contribution in [0, 0.1) is 5.92 Å². The Labute approximate surface area is 109 Å². The van der Waals surface area contributed by atoms with Crippen LogP contribution < -0.4 is 0 Å². The van der Waals surface area contributed by atoms with Crippen LogP contribution in [-0.2, 0) is 0 Å². The van der Waals surface area contributed by atoms with E-state index >= 15 is 0 Å². The minimum absolute atomic E-state index is 0.183. The summed E-state index contributed by atoms with van der Waals surface area (Å²) in [5.41, 5.74) is 0.698. The number of carboxylic acid groups (broad SMARTS) is 1. The summed E-state index contributed by atoms with van der Waals surface area (Å²) in [4.78, 5) is 11.1. The Morgan fingerprint density at radius 1 is 1.47 bits per heavy atom. The largest absolute Gasteiger partial charge is 0.478 e. The molecule has 1 aliphatic carbocycles. The fraction of sp³-hybridized carbons (Fsp3) is 0.462. The molecule has 1 saturated carbocycles. The van der Waals surface area contributed by atoms with E-state index in [-0.39, 0.29) is 5.56 Å². The topological polar surface area (TPSA) is 57.5 Å². The van der Waals surface area contributed by atoms with Crippen LogP contribution in [0.25, 0.3) is 0 Å². The summed E-state index contributed by atoms with van der Waals surface area (Å²) in [5, 5.41) is 19.1. The van der Waals surface area contributed by atoms with Crippen LogP contribution >= 0.6 is 15.9 Å². The van der Waals surface area contributed by atoms with E-state index in [1.807, 2.05) is 0 Å². The molecule has 1 aromatic carbocycles. The predicted molar refractivity (Wildman–Crippen MR) is 68.0 cm³/mol. The van der Waals surface area contributed by atoms with Gasteiger partial charge in [0, 0.05) is 4.47 Å². The van der Waals surface area contributed by atoms with Crippen molar-refractivity contribution in [1.29, 1.82) is 0 Å². The number of aromatic carboxylic acids is 1. The van der Waals surface area contributed by atoms with Crippen LogP contribution in [-0.4, -0.2) is 16.2 Å². The molecule has 0 spiro atoms. The standard InChI is InChI=1S/C13H15BrO3/c14-9-4-5-10(11(7-9)13(16)17)12(15)6-3-8-1-2-8/h4-5,7-8,12,15H,1-3,6H2,(H,16,17). The first-order chi connectivity index (χ1) is 8.08. The SMILES string of the molecule is O=C(O)c1cc(Br)ccc1C(O)CCC1CC1. The Morgan fingerprint density at radius 2 is 2.18 bits per heavy atom. The van der Waals surface area contributed by atoms with Gasteiger partial charge in [-0.25, -0.2) is 4.79 Å². The number of hydrogen-bond donors (Lipinski definition) is 2. The van der Waals surface area contributed by atoms with Crippen LogP contribution in [0.5, 0.6) is 0 Å². The maximum atomic E-state index is 11.1. The molecule has 4 heteroatoms. The maximum Gasteiger partial charge on any atom is 0.336 e. The zero-order valence-corrected chi connectivity index (χ0v) is 11.0. The fourth-order valence-corrected chi connectivity index (χ4v) is 2.32. The number of rotatable bonds is 5. The summed E-state index contributed by atoms with van der Waals surface area (Å²) < 4.78 is 0.716. The number of halogens is 1. The lowest BCUT2D eigenvalue weighted by atomic mass is 9.98. The fourth-order valence-electron chi connectivity index (χ4n) is 1.96. The molecule has 17 heavy (non-hydrogen) atoms. The van der Waals surface area contributed by atoms with Crippen molar-refractivity contribution in [3.63, 3.8) is 0 Å². The third kappa shape index (κ3) is 3.30. The van der Waals surface area contributed by atoms with Crippen molar-refractivity contribution < 1.29 is 15.0 Å². The highest BCUT2D eigenvalue weighted by Gasteiger charge is 2.24. The van der Waals surface area contributed by atoms with E-state index in [0.717, 1.165) is 12.3 Å². The Bertz CT molecular complexity index is 427. The summed E-state index contributed by atoms with van der Waals surface area (Å²) >= 11 is 3.24. The zero-order chi connectivity index (χ0) is 12.4. The molecule has 2 N–H and O–H groups in total. The smallest absolute Gasteiger partial charge is 0.336 e. The van der Waals surface area contributed by atoms with Gasteiger partial charge in [-0.15, -0.1) is 0 Å². The van der Waals surface area contributed by atoms with E-state index in [2.05, 4.69) is 15.9 Å². The minimum atomic E-state index is -0.994. The third-order valence-corrected chi connectivity index (χ3v) is 3.64. The van der Waals surface area contributed by atoms with Crippen LogP contribution in [0.15, 0.2) is 22.7 Å². The first-order valence-corrected chi connectivity index (χ1v) is 6.58. The number of carbonyl (C=O) groups is 1. The molecule has 0 aliphatic heterocycles. The quantitative estimate of drug-likeness (QED) is 0.876. The van der Waals surface area contributed by atoms with Crippen LogP contribution in [0.3, 0.4) is 0 Å². The van der Waals surface area contributed by atoms with E-state index < -0.39 is 12.1 Å². The molecule has 1 unspecified atom stereocenters. The monoisotopic (exact) mass is 298 g/mol. The van der Waals surface area contributed by atoms with Crippen molar-refractivity contribution in [2.45, 2.75) is 31.8 Å². The number of aliphatic hydroxyl groups is 1. The molecule has 0 aromatic heterocycles. The van der Waals surface area contributed by atoms with Gasteiger partial charge in [0.15, 0.2) is 0 Å². The highest BCUT2D eigenvalue weighted by molar-refractivity contribution is 9.10. The van der Waals surface area contributed by atoms with Gasteiger partial charge in [-0.05, 0) is 36.5 Å². The molecular weight excluding hydrogens is 284 g/mol. The van der Waals surface area contributed by atoms with Gasteiger partial charge in [0.2, 0.25) is 0 Å². The summed E-state index contributed by atoms with van der Waals surface area (Å²) in [6.07, 6.45) is 3.45. The summed E-state index contributed by atoms with van der Waals surface area (Å²) in [6.45, 7) is 0. The van der Waals surface area contributed by atoms with Crippen molar-refractivity contribution in [2.24, 2.45) is 5.92 Å². The molecule has 0 heterocycles. The zero-order valence-electron chi connectivity index (χ0n) is 9.40. The number of carboxylic acids is 1. The van der Waals surface area contributed by atoms with Gasteiger partial charge in [0.25, 0.3) is 0 Å². The summed E-state index contributed by atoms with van der Waals surface area (Å²) in [5.74, 6) is -0.250. The second kappa shape index (κ2) is 5.19. The van der Waals surface area contributed by atoms with Gasteiger partial charge in [-0.1, -0.05) is 34.8 Å². The third-order valence-electron chi connectivity index (χ3n) is 3.15. The Balaban J connectivity index is 2.14. The lowest BCUT2D eigenvalue weighted by Crippen LogP contribution is -2.07. The second-order valence-electron chi connectivity index (χ2n) is 4.57. The van der Waals surface area contributed by atoms with Gasteiger partial charge in [0.1, 0.15) is 0 Å². The Morgan fingerprint density at radius 3 is 2.76 bits per heavy atom. The van der Waals surface area contributed by atoms with Crippen LogP contribution in [0.2, 0.25) is 0 Å². The highest BCUT2D eigenvalue weighted by atomic mass is 79.9.